The van der Waals surface area contributed by atoms with Gasteiger partial charge in [0.1, 0.15) is 0 Å². The molecule has 0 aromatic carbocycles. The molecular formula is C14H16N4O2S2. The lowest BCUT2D eigenvalue weighted by Crippen LogP contribution is -2.07. The van der Waals surface area contributed by atoms with E-state index in [1.165, 1.54) is 0 Å². The summed E-state index contributed by atoms with van der Waals surface area (Å²) in [6, 6.07) is 5.54. The summed E-state index contributed by atoms with van der Waals surface area (Å²) in [5.74, 6) is 2.58. The van der Waals surface area contributed by atoms with Crippen molar-refractivity contribution in [3.63, 3.8) is 0 Å². The summed E-state index contributed by atoms with van der Waals surface area (Å²) in [5.41, 5.74) is 0.850. The van der Waals surface area contributed by atoms with Crippen molar-refractivity contribution in [1.82, 2.24) is 15.4 Å². The summed E-state index contributed by atoms with van der Waals surface area (Å²) in [5, 5.41) is 16.4. The third-order valence-electron chi connectivity index (χ3n) is 2.73. The summed E-state index contributed by atoms with van der Waals surface area (Å²) in [6.45, 7) is 5.21. The lowest BCUT2D eigenvalue weighted by molar-refractivity contribution is 0.413. The van der Waals surface area contributed by atoms with Crippen LogP contribution in [0.15, 0.2) is 37.7 Å². The fourth-order valence-electron chi connectivity index (χ4n) is 1.68. The van der Waals surface area contributed by atoms with Crippen molar-refractivity contribution in [1.29, 1.82) is 0 Å². The van der Waals surface area contributed by atoms with Crippen LogP contribution in [0, 0.1) is 5.92 Å². The van der Waals surface area contributed by atoms with E-state index in [0.717, 1.165) is 21.7 Å². The Bertz CT molecular complexity index is 706. The number of thioether (sulfide) groups is 1. The molecule has 0 aliphatic heterocycles. The topological polar surface area (TPSA) is 77.0 Å². The Morgan fingerprint density at radius 1 is 1.32 bits per heavy atom. The summed E-state index contributed by atoms with van der Waals surface area (Å²) in [6.07, 6.45) is 1.61. The van der Waals surface area contributed by atoms with Crippen LogP contribution in [0.4, 0.5) is 5.13 Å². The Balaban J connectivity index is 1.54. The van der Waals surface area contributed by atoms with E-state index in [1.54, 1.807) is 29.4 Å². The molecule has 3 rings (SSSR count). The monoisotopic (exact) mass is 336 g/mol. The molecule has 3 aromatic heterocycles. The quantitative estimate of drug-likeness (QED) is 0.649. The number of hydrogen-bond acceptors (Lipinski definition) is 8. The normalized spacial score (nSPS) is 11.2. The molecule has 1 N–H and O–H groups in total. The van der Waals surface area contributed by atoms with Crippen molar-refractivity contribution in [2.24, 2.45) is 5.92 Å². The number of aromatic nitrogens is 3. The number of furan rings is 1. The van der Waals surface area contributed by atoms with Gasteiger partial charge in [0.25, 0.3) is 0 Å². The van der Waals surface area contributed by atoms with Crippen molar-refractivity contribution in [3.8, 4) is 11.5 Å². The van der Waals surface area contributed by atoms with E-state index in [4.69, 9.17) is 8.94 Å². The van der Waals surface area contributed by atoms with Crippen LogP contribution in [-0.2, 0) is 5.75 Å². The van der Waals surface area contributed by atoms with Gasteiger partial charge in [0.2, 0.25) is 10.9 Å². The molecule has 0 atom stereocenters. The molecular weight excluding hydrogens is 320 g/mol. The molecule has 6 nitrogen and oxygen atoms in total. The third kappa shape index (κ3) is 3.89. The first kappa shape index (κ1) is 15.1. The smallest absolute Gasteiger partial charge is 0.206 e. The van der Waals surface area contributed by atoms with Crippen LogP contribution in [0.25, 0.3) is 11.5 Å². The number of nitrogens with zero attached hydrogens (tertiary/aromatic N) is 3. The van der Waals surface area contributed by atoms with Crippen LogP contribution < -0.4 is 5.32 Å². The molecule has 0 aliphatic rings. The molecule has 3 heterocycles. The van der Waals surface area contributed by atoms with Crippen LogP contribution in [0.5, 0.6) is 0 Å². The van der Waals surface area contributed by atoms with Crippen molar-refractivity contribution in [3.05, 3.63) is 30.2 Å². The molecule has 0 amide bonds. The zero-order chi connectivity index (χ0) is 15.4. The molecule has 8 heteroatoms. The van der Waals surface area contributed by atoms with E-state index in [9.17, 15) is 0 Å². The summed E-state index contributed by atoms with van der Waals surface area (Å²) >= 11 is 3.14. The van der Waals surface area contributed by atoms with Crippen LogP contribution >= 0.6 is 23.1 Å². The molecule has 0 spiro atoms. The minimum Gasteiger partial charge on any atom is -0.461 e. The first-order chi connectivity index (χ1) is 10.7. The number of anilines is 1. The van der Waals surface area contributed by atoms with Gasteiger partial charge in [-0.3, -0.25) is 0 Å². The van der Waals surface area contributed by atoms with E-state index in [1.807, 2.05) is 18.2 Å². The maximum absolute atomic E-state index is 5.28. The SMILES string of the molecule is CC(C)CNc1nnc(SCc2cc(-c3ccco3)on2)s1. The molecule has 0 radical (unpaired) electrons. The predicted octanol–water partition coefficient (Wildman–Crippen LogP) is 4.15. The molecule has 0 bridgehead atoms. The van der Waals surface area contributed by atoms with Crippen molar-refractivity contribution >= 4 is 28.2 Å². The van der Waals surface area contributed by atoms with Crippen LogP contribution in [0.3, 0.4) is 0 Å². The van der Waals surface area contributed by atoms with E-state index >= 15 is 0 Å². The van der Waals surface area contributed by atoms with E-state index in [-0.39, 0.29) is 0 Å². The van der Waals surface area contributed by atoms with Crippen molar-refractivity contribution in [2.45, 2.75) is 23.9 Å². The van der Waals surface area contributed by atoms with Crippen LogP contribution in [0.2, 0.25) is 0 Å². The fourth-order valence-corrected chi connectivity index (χ4v) is 3.32. The van der Waals surface area contributed by atoms with E-state index in [0.29, 0.717) is 23.2 Å². The molecule has 3 aromatic rings. The molecule has 0 aliphatic carbocycles. The lowest BCUT2D eigenvalue weighted by Gasteiger charge is -2.03. The van der Waals surface area contributed by atoms with Gasteiger partial charge >= 0.3 is 0 Å². The number of rotatable bonds is 7. The first-order valence-electron chi connectivity index (χ1n) is 6.90. The zero-order valence-electron chi connectivity index (χ0n) is 12.3. The second-order valence-corrected chi connectivity index (χ2v) is 7.30. The highest BCUT2D eigenvalue weighted by Gasteiger charge is 2.11. The minimum atomic E-state index is 0.579. The van der Waals surface area contributed by atoms with Gasteiger partial charge in [0.15, 0.2) is 10.1 Å². The summed E-state index contributed by atoms with van der Waals surface area (Å²) in [4.78, 5) is 0. The summed E-state index contributed by atoms with van der Waals surface area (Å²) in [7, 11) is 0. The molecule has 0 unspecified atom stereocenters. The Kier molecular flexibility index (Phi) is 4.79. The molecule has 0 saturated carbocycles. The van der Waals surface area contributed by atoms with E-state index < -0.39 is 0 Å². The van der Waals surface area contributed by atoms with Gasteiger partial charge in [-0.15, -0.1) is 10.2 Å². The van der Waals surface area contributed by atoms with Gasteiger partial charge in [-0.1, -0.05) is 42.1 Å². The van der Waals surface area contributed by atoms with Gasteiger partial charge in [-0.2, -0.15) is 0 Å². The van der Waals surface area contributed by atoms with Gasteiger partial charge in [-0.05, 0) is 18.1 Å². The Hall–Kier alpha value is -1.80. The second kappa shape index (κ2) is 6.97. The highest BCUT2D eigenvalue weighted by molar-refractivity contribution is 8.00. The lowest BCUT2D eigenvalue weighted by atomic mass is 10.2. The summed E-state index contributed by atoms with van der Waals surface area (Å²) < 4.78 is 11.5. The number of nitrogens with one attached hydrogen (secondary N) is 1. The number of hydrogen-bond donors (Lipinski definition) is 1. The van der Waals surface area contributed by atoms with Gasteiger partial charge in [-0.25, -0.2) is 0 Å². The van der Waals surface area contributed by atoms with Crippen molar-refractivity contribution < 1.29 is 8.94 Å². The third-order valence-corrected chi connectivity index (χ3v) is 4.78. The Morgan fingerprint density at radius 3 is 3.00 bits per heavy atom. The first-order valence-corrected chi connectivity index (χ1v) is 8.70. The maximum Gasteiger partial charge on any atom is 0.206 e. The van der Waals surface area contributed by atoms with Crippen molar-refractivity contribution in [2.75, 3.05) is 11.9 Å². The standard InChI is InChI=1S/C14H16N4O2S2/c1-9(2)7-15-13-16-17-14(22-13)21-8-10-6-12(20-18-10)11-4-3-5-19-11/h3-6,9H,7-8H2,1-2H3,(H,15,16). The van der Waals surface area contributed by atoms with Crippen LogP contribution in [0.1, 0.15) is 19.5 Å². The molecule has 22 heavy (non-hydrogen) atoms. The molecule has 0 fully saturated rings. The van der Waals surface area contributed by atoms with Crippen LogP contribution in [-0.4, -0.2) is 21.9 Å². The fraction of sp³-hybridized carbons (Fsp3) is 0.357. The Labute approximate surface area is 136 Å². The average molecular weight is 336 g/mol. The predicted molar refractivity (Wildman–Crippen MR) is 87.0 cm³/mol. The van der Waals surface area contributed by atoms with Gasteiger partial charge < -0.3 is 14.3 Å². The maximum atomic E-state index is 5.28. The minimum absolute atomic E-state index is 0.579. The highest BCUT2D eigenvalue weighted by Crippen LogP contribution is 2.29. The average Bonchev–Trinajstić information content (AvgIpc) is 3.23. The van der Waals surface area contributed by atoms with Gasteiger partial charge in [0.05, 0.1) is 12.0 Å². The molecule has 0 saturated heterocycles. The zero-order valence-corrected chi connectivity index (χ0v) is 13.9. The Morgan fingerprint density at radius 2 is 2.23 bits per heavy atom. The highest BCUT2D eigenvalue weighted by atomic mass is 32.2. The second-order valence-electron chi connectivity index (χ2n) is 5.10. The largest absolute Gasteiger partial charge is 0.461 e. The van der Waals surface area contributed by atoms with E-state index in [2.05, 4.69) is 34.5 Å². The van der Waals surface area contributed by atoms with Gasteiger partial charge in [0, 0.05) is 18.4 Å². The molecule has 116 valence electrons.